The molecule has 5 heteroatoms. The number of fused-ring (bicyclic) bond motifs is 1. The third kappa shape index (κ3) is 1.73. The molecule has 0 fully saturated rings. The van der Waals surface area contributed by atoms with Crippen LogP contribution in [-0.4, -0.2) is 25.9 Å². The fourth-order valence-electron chi connectivity index (χ4n) is 2.35. The molecule has 5 nitrogen and oxygen atoms in total. The number of nitrogens with one attached hydrogen (secondary N) is 1. The molecular formula is C12H12N4O. The molecule has 3 rings (SSSR count). The quantitative estimate of drug-likeness (QED) is 0.791. The van der Waals surface area contributed by atoms with E-state index in [1.165, 1.54) is 11.9 Å². The van der Waals surface area contributed by atoms with Gasteiger partial charge in [0, 0.05) is 6.20 Å². The van der Waals surface area contributed by atoms with Crippen molar-refractivity contribution in [3.8, 4) is 0 Å². The van der Waals surface area contributed by atoms with Gasteiger partial charge < -0.3 is 0 Å². The summed E-state index contributed by atoms with van der Waals surface area (Å²) in [6, 6.07) is 3.96. The van der Waals surface area contributed by atoms with E-state index in [4.69, 9.17) is 0 Å². The van der Waals surface area contributed by atoms with Crippen LogP contribution in [0.2, 0.25) is 0 Å². The Hall–Kier alpha value is -2.04. The van der Waals surface area contributed by atoms with Gasteiger partial charge >= 0.3 is 0 Å². The van der Waals surface area contributed by atoms with Crippen LogP contribution >= 0.6 is 0 Å². The van der Waals surface area contributed by atoms with Crippen molar-refractivity contribution in [1.29, 1.82) is 0 Å². The SMILES string of the molecule is O=C(c1ncn[nH]1)C1CCCc2cccnc21. The van der Waals surface area contributed by atoms with E-state index in [9.17, 15) is 4.79 Å². The topological polar surface area (TPSA) is 71.5 Å². The van der Waals surface area contributed by atoms with Gasteiger partial charge in [0.2, 0.25) is 5.78 Å². The lowest BCUT2D eigenvalue weighted by Crippen LogP contribution is -2.21. The number of H-pyrrole nitrogens is 1. The number of aromatic amines is 1. The number of Topliss-reactive ketones (excluding diaryl/α,β-unsaturated/α-hetero) is 1. The van der Waals surface area contributed by atoms with E-state index < -0.39 is 0 Å². The van der Waals surface area contributed by atoms with Crippen LogP contribution in [0, 0.1) is 0 Å². The van der Waals surface area contributed by atoms with Gasteiger partial charge in [-0.2, -0.15) is 5.10 Å². The molecule has 0 aromatic carbocycles. The molecule has 1 atom stereocenters. The maximum atomic E-state index is 12.2. The first kappa shape index (κ1) is 10.1. The molecule has 0 amide bonds. The first-order chi connectivity index (χ1) is 8.36. The Bertz CT molecular complexity index is 535. The van der Waals surface area contributed by atoms with Crippen molar-refractivity contribution in [3.05, 3.63) is 41.7 Å². The average Bonchev–Trinajstić information content (AvgIpc) is 2.91. The first-order valence-electron chi connectivity index (χ1n) is 5.69. The second-order valence-electron chi connectivity index (χ2n) is 4.19. The summed E-state index contributed by atoms with van der Waals surface area (Å²) in [6.45, 7) is 0. The van der Waals surface area contributed by atoms with Crippen LogP contribution in [0.15, 0.2) is 24.7 Å². The number of aromatic nitrogens is 4. The summed E-state index contributed by atoms with van der Waals surface area (Å²) < 4.78 is 0. The predicted molar refractivity (Wildman–Crippen MR) is 60.6 cm³/mol. The highest BCUT2D eigenvalue weighted by atomic mass is 16.1. The lowest BCUT2D eigenvalue weighted by Gasteiger charge is -2.22. The molecule has 0 spiro atoms. The molecule has 0 saturated heterocycles. The Kier molecular flexibility index (Phi) is 2.44. The van der Waals surface area contributed by atoms with E-state index in [0.29, 0.717) is 5.82 Å². The van der Waals surface area contributed by atoms with Crippen LogP contribution in [0.5, 0.6) is 0 Å². The highest BCUT2D eigenvalue weighted by molar-refractivity contribution is 5.97. The zero-order valence-corrected chi connectivity index (χ0v) is 9.26. The molecule has 0 radical (unpaired) electrons. The van der Waals surface area contributed by atoms with Crippen LogP contribution in [0.1, 0.15) is 40.6 Å². The van der Waals surface area contributed by atoms with Crippen LogP contribution in [-0.2, 0) is 6.42 Å². The molecule has 2 aromatic rings. The van der Waals surface area contributed by atoms with E-state index >= 15 is 0 Å². The van der Waals surface area contributed by atoms with Crippen molar-refractivity contribution >= 4 is 5.78 Å². The van der Waals surface area contributed by atoms with Gasteiger partial charge in [-0.15, -0.1) is 0 Å². The van der Waals surface area contributed by atoms with Crippen molar-refractivity contribution in [2.45, 2.75) is 25.2 Å². The smallest absolute Gasteiger partial charge is 0.208 e. The number of aryl methyl sites for hydroxylation is 1. The Morgan fingerprint density at radius 1 is 1.41 bits per heavy atom. The van der Waals surface area contributed by atoms with Gasteiger partial charge in [-0.25, -0.2) is 4.98 Å². The van der Waals surface area contributed by atoms with Crippen molar-refractivity contribution < 1.29 is 4.79 Å². The monoisotopic (exact) mass is 228 g/mol. The van der Waals surface area contributed by atoms with Gasteiger partial charge in [-0.05, 0) is 30.9 Å². The second kappa shape index (κ2) is 4.08. The summed E-state index contributed by atoms with van der Waals surface area (Å²) in [7, 11) is 0. The Morgan fingerprint density at radius 2 is 2.35 bits per heavy atom. The minimum absolute atomic E-state index is 0.0119. The van der Waals surface area contributed by atoms with Crippen LogP contribution < -0.4 is 0 Å². The van der Waals surface area contributed by atoms with Gasteiger partial charge in [-0.1, -0.05) is 6.07 Å². The molecular weight excluding hydrogens is 216 g/mol. The molecule has 0 saturated carbocycles. The van der Waals surface area contributed by atoms with E-state index in [1.54, 1.807) is 6.20 Å². The van der Waals surface area contributed by atoms with Crippen molar-refractivity contribution in [1.82, 2.24) is 20.2 Å². The average molecular weight is 228 g/mol. The van der Waals surface area contributed by atoms with Crippen LogP contribution in [0.3, 0.4) is 0 Å². The summed E-state index contributed by atoms with van der Waals surface area (Å²) >= 11 is 0. The number of carbonyl (C=O) groups excluding carboxylic acids is 1. The Labute approximate surface area is 98.3 Å². The number of nitrogens with zero attached hydrogens (tertiary/aromatic N) is 3. The van der Waals surface area contributed by atoms with Crippen LogP contribution in [0.25, 0.3) is 0 Å². The summed E-state index contributed by atoms with van der Waals surface area (Å²) in [5.74, 6) is 0.142. The fraction of sp³-hybridized carbons (Fsp3) is 0.333. The van der Waals surface area contributed by atoms with Gasteiger partial charge in [0.25, 0.3) is 0 Å². The maximum absolute atomic E-state index is 12.2. The van der Waals surface area contributed by atoms with E-state index in [2.05, 4.69) is 20.2 Å². The molecule has 1 unspecified atom stereocenters. The van der Waals surface area contributed by atoms with Crippen molar-refractivity contribution in [2.24, 2.45) is 0 Å². The van der Waals surface area contributed by atoms with Crippen molar-refractivity contribution in [3.63, 3.8) is 0 Å². The molecule has 17 heavy (non-hydrogen) atoms. The Balaban J connectivity index is 1.98. The molecule has 2 heterocycles. The summed E-state index contributed by atoms with van der Waals surface area (Å²) in [5, 5.41) is 6.34. The molecule has 0 aliphatic heterocycles. The van der Waals surface area contributed by atoms with E-state index in [-0.39, 0.29) is 11.7 Å². The van der Waals surface area contributed by atoms with Gasteiger partial charge in [0.1, 0.15) is 6.33 Å². The molecule has 1 aliphatic carbocycles. The lowest BCUT2D eigenvalue weighted by molar-refractivity contribution is 0.0939. The minimum atomic E-state index is -0.173. The molecule has 0 bridgehead atoms. The number of ketones is 1. The third-order valence-corrected chi connectivity index (χ3v) is 3.16. The molecule has 1 N–H and O–H groups in total. The number of pyridine rings is 1. The fourth-order valence-corrected chi connectivity index (χ4v) is 2.35. The molecule has 86 valence electrons. The largest absolute Gasteiger partial charge is 0.290 e. The van der Waals surface area contributed by atoms with Crippen LogP contribution in [0.4, 0.5) is 0 Å². The van der Waals surface area contributed by atoms with Gasteiger partial charge in [0.15, 0.2) is 5.82 Å². The highest BCUT2D eigenvalue weighted by Crippen LogP contribution is 2.31. The predicted octanol–water partition coefficient (Wildman–Crippen LogP) is 1.50. The van der Waals surface area contributed by atoms with Crippen molar-refractivity contribution in [2.75, 3.05) is 0 Å². The number of carbonyl (C=O) groups is 1. The zero-order chi connectivity index (χ0) is 11.7. The standard InChI is InChI=1S/C12H12N4O/c17-11(12-14-7-15-16-12)9-5-1-3-8-4-2-6-13-10(8)9/h2,4,6-7,9H,1,3,5H2,(H,14,15,16). The summed E-state index contributed by atoms with van der Waals surface area (Å²) in [6.07, 6.45) is 5.95. The van der Waals surface area contributed by atoms with Gasteiger partial charge in [-0.3, -0.25) is 14.9 Å². The normalized spacial score (nSPS) is 18.7. The number of hydrogen-bond donors (Lipinski definition) is 1. The van der Waals surface area contributed by atoms with E-state index in [0.717, 1.165) is 25.0 Å². The van der Waals surface area contributed by atoms with Gasteiger partial charge in [0.05, 0.1) is 11.6 Å². The maximum Gasteiger partial charge on any atom is 0.208 e. The van der Waals surface area contributed by atoms with E-state index in [1.807, 2.05) is 12.1 Å². The first-order valence-corrected chi connectivity index (χ1v) is 5.69. The second-order valence-corrected chi connectivity index (χ2v) is 4.19. The number of rotatable bonds is 2. The Morgan fingerprint density at radius 3 is 3.18 bits per heavy atom. The zero-order valence-electron chi connectivity index (χ0n) is 9.26. The third-order valence-electron chi connectivity index (χ3n) is 3.16. The summed E-state index contributed by atoms with van der Waals surface area (Å²) in [5.41, 5.74) is 2.08. The summed E-state index contributed by atoms with van der Waals surface area (Å²) in [4.78, 5) is 20.5. The lowest BCUT2D eigenvalue weighted by atomic mass is 9.84. The molecule has 1 aliphatic rings. The number of hydrogen-bond acceptors (Lipinski definition) is 4. The minimum Gasteiger partial charge on any atom is -0.290 e. The highest BCUT2D eigenvalue weighted by Gasteiger charge is 2.29. The molecule has 2 aromatic heterocycles.